The number of fused-ring (bicyclic) bond motifs is 1. The maximum absolute atomic E-state index is 12.5. The molecule has 1 N–H and O–H groups in total. The smallest absolute Gasteiger partial charge is 0.382 e. The summed E-state index contributed by atoms with van der Waals surface area (Å²) >= 11 is 0. The van der Waals surface area contributed by atoms with Crippen molar-refractivity contribution in [2.75, 3.05) is 13.7 Å². The number of hydrogen-bond donors (Lipinski definition) is 1. The molecule has 1 unspecified atom stereocenters. The molecule has 1 aliphatic rings. The number of carbonyl (C=O) groups is 1. The maximum atomic E-state index is 12.5. The first-order chi connectivity index (χ1) is 7.93. The van der Waals surface area contributed by atoms with Gasteiger partial charge in [0.2, 0.25) is 0 Å². The lowest BCUT2D eigenvalue weighted by atomic mass is 10.0. The summed E-state index contributed by atoms with van der Waals surface area (Å²) in [7, 11) is 1.47. The lowest BCUT2D eigenvalue weighted by Gasteiger charge is -2.11. The molecule has 1 atom stereocenters. The first-order valence-corrected chi connectivity index (χ1v) is 4.94. The van der Waals surface area contributed by atoms with Crippen LogP contribution in [0.2, 0.25) is 0 Å². The Hall–Kier alpha value is -1.56. The number of halogens is 3. The lowest BCUT2D eigenvalue weighted by molar-refractivity contribution is -0.137. The minimum Gasteiger partial charge on any atom is -0.382 e. The summed E-state index contributed by atoms with van der Waals surface area (Å²) in [5, 5.41) is 2.57. The van der Waals surface area contributed by atoms with Crippen molar-refractivity contribution in [2.45, 2.75) is 12.2 Å². The minimum atomic E-state index is -4.44. The zero-order valence-corrected chi connectivity index (χ0v) is 8.97. The SMILES string of the molecule is COCC1NC(=O)c2cc(C(F)(F)F)ccc21. The van der Waals surface area contributed by atoms with Crippen LogP contribution in [0, 0.1) is 0 Å². The van der Waals surface area contributed by atoms with Crippen molar-refractivity contribution in [3.8, 4) is 0 Å². The molecule has 1 aliphatic heterocycles. The Morgan fingerprint density at radius 3 is 2.71 bits per heavy atom. The number of ether oxygens (including phenoxy) is 1. The van der Waals surface area contributed by atoms with Crippen LogP contribution in [0.15, 0.2) is 18.2 Å². The van der Waals surface area contributed by atoms with Gasteiger partial charge in [0.25, 0.3) is 5.91 Å². The summed E-state index contributed by atoms with van der Waals surface area (Å²) in [6.07, 6.45) is -4.44. The summed E-state index contributed by atoms with van der Waals surface area (Å²) in [6, 6.07) is 2.80. The molecule has 1 aromatic carbocycles. The molecular formula is C11H10F3NO2. The van der Waals surface area contributed by atoms with E-state index in [0.717, 1.165) is 12.1 Å². The first-order valence-electron chi connectivity index (χ1n) is 4.94. The van der Waals surface area contributed by atoms with E-state index in [4.69, 9.17) is 4.74 Å². The molecule has 3 nitrogen and oxygen atoms in total. The Morgan fingerprint density at radius 2 is 2.12 bits per heavy atom. The van der Waals surface area contributed by atoms with Crippen molar-refractivity contribution in [1.82, 2.24) is 5.32 Å². The summed E-state index contributed by atoms with van der Waals surface area (Å²) in [5.41, 5.74) is -0.198. The van der Waals surface area contributed by atoms with E-state index in [2.05, 4.69) is 5.32 Å². The molecule has 0 spiro atoms. The molecule has 0 bridgehead atoms. The van der Waals surface area contributed by atoms with Gasteiger partial charge in [-0.05, 0) is 17.7 Å². The number of methoxy groups -OCH3 is 1. The fourth-order valence-corrected chi connectivity index (χ4v) is 1.84. The monoisotopic (exact) mass is 245 g/mol. The van der Waals surface area contributed by atoms with E-state index in [1.165, 1.54) is 13.2 Å². The van der Waals surface area contributed by atoms with E-state index in [-0.39, 0.29) is 18.2 Å². The standard InChI is InChI=1S/C11H10F3NO2/c1-17-5-9-7-3-2-6(11(12,13)14)4-8(7)10(16)15-9/h2-4,9H,5H2,1H3,(H,15,16). The van der Waals surface area contributed by atoms with E-state index in [1.54, 1.807) is 0 Å². The predicted octanol–water partition coefficient (Wildman–Crippen LogP) is 2.14. The van der Waals surface area contributed by atoms with Crippen LogP contribution in [0.1, 0.15) is 27.5 Å². The van der Waals surface area contributed by atoms with Crippen molar-refractivity contribution >= 4 is 5.91 Å². The largest absolute Gasteiger partial charge is 0.416 e. The lowest BCUT2D eigenvalue weighted by Crippen LogP contribution is -2.22. The summed E-state index contributed by atoms with van der Waals surface area (Å²) in [5.74, 6) is -0.492. The molecule has 1 amide bonds. The Bertz CT molecular complexity index is 457. The zero-order valence-electron chi connectivity index (χ0n) is 8.97. The van der Waals surface area contributed by atoms with Crippen LogP contribution in [0.25, 0.3) is 0 Å². The van der Waals surface area contributed by atoms with Gasteiger partial charge in [0.15, 0.2) is 0 Å². The molecule has 17 heavy (non-hydrogen) atoms. The topological polar surface area (TPSA) is 38.3 Å². The van der Waals surface area contributed by atoms with Crippen molar-refractivity contribution < 1.29 is 22.7 Å². The van der Waals surface area contributed by atoms with Crippen LogP contribution in [0.3, 0.4) is 0 Å². The van der Waals surface area contributed by atoms with E-state index >= 15 is 0 Å². The van der Waals surface area contributed by atoms with Crippen molar-refractivity contribution in [3.63, 3.8) is 0 Å². The highest BCUT2D eigenvalue weighted by atomic mass is 19.4. The molecule has 6 heteroatoms. The van der Waals surface area contributed by atoms with Gasteiger partial charge < -0.3 is 10.1 Å². The fraction of sp³-hybridized carbons (Fsp3) is 0.364. The van der Waals surface area contributed by atoms with Crippen LogP contribution in [-0.4, -0.2) is 19.6 Å². The molecule has 0 aromatic heterocycles. The summed E-state index contributed by atoms with van der Waals surface area (Å²) < 4.78 is 42.3. The van der Waals surface area contributed by atoms with Crippen molar-refractivity contribution in [2.24, 2.45) is 0 Å². The van der Waals surface area contributed by atoms with Crippen LogP contribution >= 0.6 is 0 Å². The van der Waals surface area contributed by atoms with Gasteiger partial charge in [-0.15, -0.1) is 0 Å². The highest BCUT2D eigenvalue weighted by Crippen LogP contribution is 2.34. The highest BCUT2D eigenvalue weighted by molar-refractivity contribution is 5.99. The molecule has 0 saturated carbocycles. The van der Waals surface area contributed by atoms with Crippen molar-refractivity contribution in [1.29, 1.82) is 0 Å². The normalized spacial score (nSPS) is 19.1. The summed E-state index contributed by atoms with van der Waals surface area (Å²) in [4.78, 5) is 11.5. The van der Waals surface area contributed by atoms with E-state index < -0.39 is 17.6 Å². The number of rotatable bonds is 2. The van der Waals surface area contributed by atoms with Gasteiger partial charge in [0.1, 0.15) is 0 Å². The summed E-state index contributed by atoms with van der Waals surface area (Å²) in [6.45, 7) is 0.240. The molecule has 0 fully saturated rings. The van der Waals surface area contributed by atoms with E-state index in [9.17, 15) is 18.0 Å². The second kappa shape index (κ2) is 4.03. The van der Waals surface area contributed by atoms with E-state index in [1.807, 2.05) is 0 Å². The number of hydrogen-bond acceptors (Lipinski definition) is 2. The second-order valence-electron chi connectivity index (χ2n) is 3.78. The van der Waals surface area contributed by atoms with E-state index in [0.29, 0.717) is 5.56 Å². The third-order valence-electron chi connectivity index (χ3n) is 2.64. The molecule has 0 aliphatic carbocycles. The van der Waals surface area contributed by atoms with Gasteiger partial charge in [-0.3, -0.25) is 4.79 Å². The molecular weight excluding hydrogens is 235 g/mol. The number of nitrogens with one attached hydrogen (secondary N) is 1. The molecule has 1 aromatic rings. The molecule has 0 saturated heterocycles. The van der Waals surface area contributed by atoms with Crippen molar-refractivity contribution in [3.05, 3.63) is 34.9 Å². The second-order valence-corrected chi connectivity index (χ2v) is 3.78. The van der Waals surface area contributed by atoms with Gasteiger partial charge in [-0.1, -0.05) is 6.07 Å². The molecule has 1 heterocycles. The molecule has 0 radical (unpaired) electrons. The molecule has 2 rings (SSSR count). The van der Waals surface area contributed by atoms with Crippen LogP contribution in [0.4, 0.5) is 13.2 Å². The average Bonchev–Trinajstić information content (AvgIpc) is 2.55. The first kappa shape index (κ1) is 11.9. The van der Waals surface area contributed by atoms with Crippen LogP contribution < -0.4 is 5.32 Å². The number of alkyl halides is 3. The maximum Gasteiger partial charge on any atom is 0.416 e. The number of benzene rings is 1. The fourth-order valence-electron chi connectivity index (χ4n) is 1.84. The van der Waals surface area contributed by atoms with Crippen LogP contribution in [-0.2, 0) is 10.9 Å². The Labute approximate surface area is 95.6 Å². The molecule has 92 valence electrons. The van der Waals surface area contributed by atoms with Gasteiger partial charge in [0, 0.05) is 12.7 Å². The Balaban J connectivity index is 2.41. The van der Waals surface area contributed by atoms with Gasteiger partial charge >= 0.3 is 6.18 Å². The third kappa shape index (κ3) is 2.12. The third-order valence-corrected chi connectivity index (χ3v) is 2.64. The van der Waals surface area contributed by atoms with Gasteiger partial charge in [0.05, 0.1) is 18.2 Å². The number of carbonyl (C=O) groups excluding carboxylic acids is 1. The zero-order chi connectivity index (χ0) is 12.6. The number of amides is 1. The average molecular weight is 245 g/mol. The van der Waals surface area contributed by atoms with Crippen LogP contribution in [0.5, 0.6) is 0 Å². The van der Waals surface area contributed by atoms with Gasteiger partial charge in [-0.25, -0.2) is 0 Å². The minimum absolute atomic E-state index is 0.0712. The Morgan fingerprint density at radius 1 is 1.41 bits per heavy atom. The predicted molar refractivity (Wildman–Crippen MR) is 53.5 cm³/mol. The highest BCUT2D eigenvalue weighted by Gasteiger charge is 2.35. The quantitative estimate of drug-likeness (QED) is 0.866. The van der Waals surface area contributed by atoms with Gasteiger partial charge in [-0.2, -0.15) is 13.2 Å². The Kier molecular flexibility index (Phi) is 2.82.